The summed E-state index contributed by atoms with van der Waals surface area (Å²) in [6, 6.07) is 17.2. The molecule has 2 nitrogen and oxygen atoms in total. The highest BCUT2D eigenvalue weighted by molar-refractivity contribution is 5.65. The van der Waals surface area contributed by atoms with Crippen LogP contribution in [-0.2, 0) is 6.42 Å². The maximum absolute atomic E-state index is 5.85. The van der Waals surface area contributed by atoms with E-state index in [1.165, 1.54) is 22.5 Å². The van der Waals surface area contributed by atoms with E-state index in [0.717, 1.165) is 6.42 Å². The minimum atomic E-state index is 0.206. The molecule has 2 aromatic rings. The number of nitrogens with two attached hydrogens (primary N) is 1. The first kappa shape index (κ1) is 13.6. The minimum absolute atomic E-state index is 0.206. The smallest absolute Gasteiger partial charge is 0.0437 e. The van der Waals surface area contributed by atoms with Crippen molar-refractivity contribution in [3.05, 3.63) is 59.7 Å². The second-order valence-electron chi connectivity index (χ2n) is 5.20. The summed E-state index contributed by atoms with van der Waals surface area (Å²) in [7, 11) is 2.10. The van der Waals surface area contributed by atoms with E-state index in [4.69, 9.17) is 5.73 Å². The maximum atomic E-state index is 5.85. The Balaban J connectivity index is 2.26. The van der Waals surface area contributed by atoms with Crippen molar-refractivity contribution in [3.8, 4) is 0 Å². The van der Waals surface area contributed by atoms with Gasteiger partial charge in [0.1, 0.15) is 0 Å². The number of aryl methyl sites for hydroxylation is 1. The van der Waals surface area contributed by atoms with Crippen LogP contribution in [-0.4, -0.2) is 13.1 Å². The lowest BCUT2D eigenvalue weighted by atomic mass is 10.0. The zero-order valence-corrected chi connectivity index (χ0v) is 11.9. The Bertz CT molecular complexity index is 532. The van der Waals surface area contributed by atoms with Crippen LogP contribution in [0.15, 0.2) is 48.5 Å². The number of nitrogens with zero attached hydrogens (tertiary/aromatic N) is 1. The van der Waals surface area contributed by atoms with Crippen molar-refractivity contribution in [2.24, 2.45) is 5.73 Å². The zero-order chi connectivity index (χ0) is 13.8. The molecule has 100 valence electrons. The lowest BCUT2D eigenvalue weighted by molar-refractivity contribution is 0.737. The fourth-order valence-corrected chi connectivity index (χ4v) is 2.38. The highest BCUT2D eigenvalue weighted by atomic mass is 15.1. The molecule has 1 unspecified atom stereocenters. The summed E-state index contributed by atoms with van der Waals surface area (Å²) in [4.78, 5) is 2.21. The lowest BCUT2D eigenvalue weighted by Crippen LogP contribution is -2.18. The van der Waals surface area contributed by atoms with Gasteiger partial charge in [-0.3, -0.25) is 0 Å². The lowest BCUT2D eigenvalue weighted by Gasteiger charge is -2.22. The molecule has 2 rings (SSSR count). The summed E-state index contributed by atoms with van der Waals surface area (Å²) in [5.74, 6) is 0. The first-order valence-corrected chi connectivity index (χ1v) is 6.72. The molecule has 0 heterocycles. The third kappa shape index (κ3) is 3.36. The van der Waals surface area contributed by atoms with Crippen LogP contribution in [0.4, 0.5) is 11.4 Å². The molecule has 0 aliphatic rings. The molecule has 0 aliphatic heterocycles. The Morgan fingerprint density at radius 3 is 2.37 bits per heavy atom. The van der Waals surface area contributed by atoms with Gasteiger partial charge in [-0.1, -0.05) is 30.3 Å². The summed E-state index contributed by atoms with van der Waals surface area (Å²) in [5, 5.41) is 0. The van der Waals surface area contributed by atoms with Crippen molar-refractivity contribution in [2.45, 2.75) is 26.3 Å². The van der Waals surface area contributed by atoms with Crippen molar-refractivity contribution in [1.29, 1.82) is 0 Å². The molecule has 0 fully saturated rings. The Morgan fingerprint density at radius 2 is 1.79 bits per heavy atom. The highest BCUT2D eigenvalue weighted by Gasteiger charge is 2.07. The van der Waals surface area contributed by atoms with E-state index in [9.17, 15) is 0 Å². The molecule has 0 saturated carbocycles. The van der Waals surface area contributed by atoms with Crippen molar-refractivity contribution >= 4 is 11.4 Å². The van der Waals surface area contributed by atoms with Crippen LogP contribution < -0.4 is 10.6 Å². The summed E-state index contributed by atoms with van der Waals surface area (Å²) < 4.78 is 0. The first-order valence-electron chi connectivity index (χ1n) is 6.72. The minimum Gasteiger partial charge on any atom is -0.344 e. The quantitative estimate of drug-likeness (QED) is 0.902. The number of para-hydroxylation sites is 1. The Morgan fingerprint density at radius 1 is 1.11 bits per heavy atom. The van der Waals surface area contributed by atoms with E-state index in [-0.39, 0.29) is 6.04 Å². The molecule has 0 aliphatic carbocycles. The Kier molecular flexibility index (Phi) is 4.23. The van der Waals surface area contributed by atoms with Gasteiger partial charge in [-0.2, -0.15) is 0 Å². The van der Waals surface area contributed by atoms with Crippen molar-refractivity contribution in [2.75, 3.05) is 11.9 Å². The van der Waals surface area contributed by atoms with E-state index in [1.54, 1.807) is 0 Å². The van der Waals surface area contributed by atoms with Gasteiger partial charge in [-0.15, -0.1) is 0 Å². The van der Waals surface area contributed by atoms with Crippen molar-refractivity contribution in [1.82, 2.24) is 0 Å². The van der Waals surface area contributed by atoms with Gasteiger partial charge in [0, 0.05) is 24.5 Å². The Hall–Kier alpha value is -1.80. The van der Waals surface area contributed by atoms with Crippen LogP contribution in [0, 0.1) is 6.92 Å². The molecule has 0 aromatic heterocycles. The van der Waals surface area contributed by atoms with Gasteiger partial charge >= 0.3 is 0 Å². The van der Waals surface area contributed by atoms with Gasteiger partial charge in [0.25, 0.3) is 0 Å². The Labute approximate surface area is 115 Å². The largest absolute Gasteiger partial charge is 0.344 e. The summed E-state index contributed by atoms with van der Waals surface area (Å²) in [6.45, 7) is 4.19. The van der Waals surface area contributed by atoms with Crippen LogP contribution in [0.3, 0.4) is 0 Å². The van der Waals surface area contributed by atoms with Crippen LogP contribution in [0.25, 0.3) is 0 Å². The predicted octanol–water partition coefficient (Wildman–Crippen LogP) is 3.65. The highest BCUT2D eigenvalue weighted by Crippen LogP contribution is 2.27. The van der Waals surface area contributed by atoms with E-state index in [2.05, 4.69) is 61.3 Å². The average Bonchev–Trinajstić information content (AvgIpc) is 2.38. The first-order chi connectivity index (χ1) is 9.08. The summed E-state index contributed by atoms with van der Waals surface area (Å²) in [6.07, 6.45) is 0.927. The van der Waals surface area contributed by atoms with E-state index >= 15 is 0 Å². The fourth-order valence-electron chi connectivity index (χ4n) is 2.38. The monoisotopic (exact) mass is 254 g/mol. The molecule has 0 radical (unpaired) electrons. The predicted molar refractivity (Wildman–Crippen MR) is 83.0 cm³/mol. The maximum Gasteiger partial charge on any atom is 0.0437 e. The van der Waals surface area contributed by atoms with E-state index in [1.807, 2.05) is 13.0 Å². The summed E-state index contributed by atoms with van der Waals surface area (Å²) >= 11 is 0. The molecule has 0 spiro atoms. The topological polar surface area (TPSA) is 29.3 Å². The SMILES string of the molecule is Cc1cc(CC(C)N)ccc1N(C)c1ccccc1. The van der Waals surface area contributed by atoms with Crippen LogP contribution in [0.2, 0.25) is 0 Å². The van der Waals surface area contributed by atoms with E-state index < -0.39 is 0 Å². The van der Waals surface area contributed by atoms with Gasteiger partial charge in [0.05, 0.1) is 0 Å². The molecule has 19 heavy (non-hydrogen) atoms. The van der Waals surface area contributed by atoms with Gasteiger partial charge in [-0.25, -0.2) is 0 Å². The molecular formula is C17H22N2. The molecule has 0 saturated heterocycles. The molecule has 2 heteroatoms. The van der Waals surface area contributed by atoms with Gasteiger partial charge in [-0.05, 0) is 49.6 Å². The molecule has 2 N–H and O–H groups in total. The second kappa shape index (κ2) is 5.89. The van der Waals surface area contributed by atoms with Crippen molar-refractivity contribution < 1.29 is 0 Å². The van der Waals surface area contributed by atoms with Crippen LogP contribution in [0.1, 0.15) is 18.1 Å². The standard InChI is InChI=1S/C17H22N2/c1-13-11-15(12-14(2)18)9-10-17(13)19(3)16-7-5-4-6-8-16/h4-11,14H,12,18H2,1-3H3. The average molecular weight is 254 g/mol. The second-order valence-corrected chi connectivity index (χ2v) is 5.20. The fraction of sp³-hybridized carbons (Fsp3) is 0.294. The van der Waals surface area contributed by atoms with E-state index in [0.29, 0.717) is 0 Å². The van der Waals surface area contributed by atoms with Gasteiger partial charge in [0.15, 0.2) is 0 Å². The number of hydrogen-bond donors (Lipinski definition) is 1. The zero-order valence-electron chi connectivity index (χ0n) is 11.9. The van der Waals surface area contributed by atoms with Crippen LogP contribution in [0.5, 0.6) is 0 Å². The third-order valence-electron chi connectivity index (χ3n) is 3.32. The number of hydrogen-bond acceptors (Lipinski definition) is 2. The molecule has 1 atom stereocenters. The normalized spacial score (nSPS) is 12.2. The number of rotatable bonds is 4. The molecule has 2 aromatic carbocycles. The number of benzene rings is 2. The molecule has 0 bridgehead atoms. The number of anilines is 2. The van der Waals surface area contributed by atoms with Gasteiger partial charge < -0.3 is 10.6 Å². The molecular weight excluding hydrogens is 232 g/mol. The summed E-state index contributed by atoms with van der Waals surface area (Å²) in [5.41, 5.74) is 10.9. The molecule has 0 amide bonds. The van der Waals surface area contributed by atoms with Gasteiger partial charge in [0.2, 0.25) is 0 Å². The van der Waals surface area contributed by atoms with Crippen molar-refractivity contribution in [3.63, 3.8) is 0 Å². The van der Waals surface area contributed by atoms with Crippen LogP contribution >= 0.6 is 0 Å². The third-order valence-corrected chi connectivity index (χ3v) is 3.32.